The molecule has 5 heteroatoms. The molecule has 0 saturated heterocycles. The van der Waals surface area contributed by atoms with Gasteiger partial charge in [0.05, 0.1) is 19.8 Å². The molecule has 4 nitrogen and oxygen atoms in total. The average molecular weight is 359 g/mol. The van der Waals surface area contributed by atoms with Gasteiger partial charge in [-0.2, -0.15) is 0 Å². The minimum atomic E-state index is -0.0331. The lowest BCUT2D eigenvalue weighted by molar-refractivity contribution is -0.125. The highest BCUT2D eigenvalue weighted by Gasteiger charge is 2.10. The Morgan fingerprint density at radius 1 is 1.28 bits per heavy atom. The van der Waals surface area contributed by atoms with Gasteiger partial charge in [0.25, 0.3) is 0 Å². The zero-order valence-electron chi connectivity index (χ0n) is 15.4. The smallest absolute Gasteiger partial charge is 0.246 e. The van der Waals surface area contributed by atoms with Gasteiger partial charge in [0.15, 0.2) is 11.5 Å². The molecular formula is C20H25NO3S. The summed E-state index contributed by atoms with van der Waals surface area (Å²) in [5.41, 5.74) is 2.11. The van der Waals surface area contributed by atoms with Gasteiger partial charge in [-0.25, -0.2) is 0 Å². The first kappa shape index (κ1) is 19.1. The number of likely N-dealkylation sites (N-methyl/N-ethyl adjacent to an activating group) is 1. The zero-order chi connectivity index (χ0) is 18.4. The van der Waals surface area contributed by atoms with Crippen molar-refractivity contribution < 1.29 is 14.3 Å². The van der Waals surface area contributed by atoms with E-state index in [1.165, 1.54) is 10.4 Å². The Morgan fingerprint density at radius 2 is 2.04 bits per heavy atom. The van der Waals surface area contributed by atoms with Gasteiger partial charge in [0, 0.05) is 18.0 Å². The Labute approximate surface area is 153 Å². The minimum absolute atomic E-state index is 0.0331. The van der Waals surface area contributed by atoms with E-state index in [0.29, 0.717) is 18.0 Å². The lowest BCUT2D eigenvalue weighted by Gasteiger charge is -2.15. The highest BCUT2D eigenvalue weighted by molar-refractivity contribution is 7.10. The van der Waals surface area contributed by atoms with Crippen molar-refractivity contribution in [1.29, 1.82) is 0 Å². The number of ether oxygens (including phenoxy) is 2. The van der Waals surface area contributed by atoms with Crippen LogP contribution < -0.4 is 9.47 Å². The van der Waals surface area contributed by atoms with E-state index in [0.717, 1.165) is 5.56 Å². The van der Waals surface area contributed by atoms with E-state index in [1.54, 1.807) is 35.5 Å². The standard InChI is InChI=1S/C20H25NO3S/c1-14(2)24-17-8-6-16(12-18(17)23-5)7-9-20(22)21(4)13-19-15(3)10-11-25-19/h6-12,14H,13H2,1-5H3/b9-7+. The summed E-state index contributed by atoms with van der Waals surface area (Å²) < 4.78 is 11.1. The predicted molar refractivity (Wildman–Crippen MR) is 103 cm³/mol. The molecule has 0 aliphatic carbocycles. The fourth-order valence-corrected chi connectivity index (χ4v) is 3.25. The van der Waals surface area contributed by atoms with Gasteiger partial charge in [-0.15, -0.1) is 11.3 Å². The zero-order valence-corrected chi connectivity index (χ0v) is 16.2. The second-order valence-corrected chi connectivity index (χ2v) is 7.13. The van der Waals surface area contributed by atoms with Crippen LogP contribution in [-0.4, -0.2) is 31.1 Å². The van der Waals surface area contributed by atoms with Crippen molar-refractivity contribution in [2.75, 3.05) is 14.2 Å². The summed E-state index contributed by atoms with van der Waals surface area (Å²) in [6, 6.07) is 7.71. The van der Waals surface area contributed by atoms with E-state index >= 15 is 0 Å². The first-order valence-corrected chi connectivity index (χ1v) is 9.09. The maximum Gasteiger partial charge on any atom is 0.246 e. The SMILES string of the molecule is COc1cc(/C=C/C(=O)N(C)Cc2sccc2C)ccc1OC(C)C. The van der Waals surface area contributed by atoms with E-state index in [9.17, 15) is 4.79 Å². The molecule has 1 aromatic heterocycles. The summed E-state index contributed by atoms with van der Waals surface area (Å²) in [4.78, 5) is 15.2. The summed E-state index contributed by atoms with van der Waals surface area (Å²) in [6.07, 6.45) is 3.45. The number of carbonyl (C=O) groups is 1. The second-order valence-electron chi connectivity index (χ2n) is 6.13. The molecule has 0 atom stereocenters. The fraction of sp³-hybridized carbons (Fsp3) is 0.350. The fourth-order valence-electron chi connectivity index (χ4n) is 2.29. The minimum Gasteiger partial charge on any atom is -0.493 e. The third kappa shape index (κ3) is 5.36. The van der Waals surface area contributed by atoms with E-state index in [4.69, 9.17) is 9.47 Å². The Balaban J connectivity index is 2.05. The topological polar surface area (TPSA) is 38.8 Å². The van der Waals surface area contributed by atoms with Crippen molar-refractivity contribution in [3.8, 4) is 11.5 Å². The summed E-state index contributed by atoms with van der Waals surface area (Å²) >= 11 is 1.67. The first-order chi connectivity index (χ1) is 11.9. The number of benzene rings is 1. The quantitative estimate of drug-likeness (QED) is 0.682. The maximum absolute atomic E-state index is 12.3. The van der Waals surface area contributed by atoms with Crippen LogP contribution in [0.3, 0.4) is 0 Å². The van der Waals surface area contributed by atoms with Crippen molar-refractivity contribution in [2.45, 2.75) is 33.4 Å². The highest BCUT2D eigenvalue weighted by Crippen LogP contribution is 2.29. The normalized spacial score (nSPS) is 11.1. The number of nitrogens with zero attached hydrogens (tertiary/aromatic N) is 1. The number of thiophene rings is 1. The number of amides is 1. The van der Waals surface area contributed by atoms with Crippen LogP contribution in [0.5, 0.6) is 11.5 Å². The molecule has 134 valence electrons. The summed E-state index contributed by atoms with van der Waals surface area (Å²) in [7, 11) is 3.42. The van der Waals surface area contributed by atoms with Crippen molar-refractivity contribution >= 4 is 23.3 Å². The van der Waals surface area contributed by atoms with Crippen LogP contribution >= 0.6 is 11.3 Å². The second kappa shape index (κ2) is 8.72. The molecule has 0 spiro atoms. The van der Waals surface area contributed by atoms with Crippen molar-refractivity contribution in [1.82, 2.24) is 4.90 Å². The molecule has 0 N–H and O–H groups in total. The van der Waals surface area contributed by atoms with Crippen molar-refractivity contribution in [3.05, 3.63) is 51.7 Å². The molecule has 0 bridgehead atoms. The number of rotatable bonds is 7. The van der Waals surface area contributed by atoms with E-state index in [2.05, 4.69) is 13.0 Å². The molecule has 0 aliphatic heterocycles. The maximum atomic E-state index is 12.3. The van der Waals surface area contributed by atoms with Crippen molar-refractivity contribution in [2.24, 2.45) is 0 Å². The summed E-state index contributed by atoms with van der Waals surface area (Å²) in [6.45, 7) is 6.62. The number of methoxy groups -OCH3 is 1. The Bertz CT molecular complexity index is 749. The van der Waals surface area contributed by atoms with Crippen molar-refractivity contribution in [3.63, 3.8) is 0 Å². The van der Waals surface area contributed by atoms with Gasteiger partial charge in [-0.05, 0) is 61.6 Å². The van der Waals surface area contributed by atoms with Crippen LogP contribution in [0.15, 0.2) is 35.7 Å². The first-order valence-electron chi connectivity index (χ1n) is 8.21. The predicted octanol–water partition coefficient (Wildman–Crippen LogP) is 4.52. The lowest BCUT2D eigenvalue weighted by atomic mass is 10.2. The van der Waals surface area contributed by atoms with E-state index < -0.39 is 0 Å². The average Bonchev–Trinajstić information content (AvgIpc) is 2.97. The van der Waals surface area contributed by atoms with Crippen LogP contribution in [0.25, 0.3) is 6.08 Å². The molecule has 25 heavy (non-hydrogen) atoms. The van der Waals surface area contributed by atoms with Crippen LogP contribution in [0.2, 0.25) is 0 Å². The molecule has 0 fully saturated rings. The largest absolute Gasteiger partial charge is 0.493 e. The van der Waals surface area contributed by atoms with Crippen LogP contribution in [0, 0.1) is 6.92 Å². The molecule has 0 saturated carbocycles. The molecule has 2 rings (SSSR count). The molecule has 0 radical (unpaired) electrons. The highest BCUT2D eigenvalue weighted by atomic mass is 32.1. The van der Waals surface area contributed by atoms with Gasteiger partial charge in [-0.3, -0.25) is 4.79 Å². The third-order valence-corrected chi connectivity index (χ3v) is 4.70. The molecule has 0 aliphatic rings. The van der Waals surface area contributed by atoms with Crippen LogP contribution in [0.1, 0.15) is 29.9 Å². The summed E-state index contributed by atoms with van der Waals surface area (Å²) in [5.74, 6) is 1.33. The van der Waals surface area contributed by atoms with Gasteiger partial charge < -0.3 is 14.4 Å². The number of hydrogen-bond donors (Lipinski definition) is 0. The van der Waals surface area contributed by atoms with Gasteiger partial charge >= 0.3 is 0 Å². The Morgan fingerprint density at radius 3 is 2.64 bits per heavy atom. The van der Waals surface area contributed by atoms with Crippen LogP contribution in [-0.2, 0) is 11.3 Å². The van der Waals surface area contributed by atoms with Gasteiger partial charge in [0.1, 0.15) is 0 Å². The Kier molecular flexibility index (Phi) is 6.65. The van der Waals surface area contributed by atoms with E-state index in [-0.39, 0.29) is 12.0 Å². The molecule has 1 amide bonds. The third-order valence-electron chi connectivity index (χ3n) is 3.69. The van der Waals surface area contributed by atoms with E-state index in [1.807, 2.05) is 44.5 Å². The number of carbonyl (C=O) groups excluding carboxylic acids is 1. The number of aryl methyl sites for hydroxylation is 1. The van der Waals surface area contributed by atoms with Crippen LogP contribution in [0.4, 0.5) is 0 Å². The van der Waals surface area contributed by atoms with Gasteiger partial charge in [-0.1, -0.05) is 6.07 Å². The van der Waals surface area contributed by atoms with Gasteiger partial charge in [0.2, 0.25) is 5.91 Å². The number of hydrogen-bond acceptors (Lipinski definition) is 4. The summed E-state index contributed by atoms with van der Waals surface area (Å²) in [5, 5.41) is 2.05. The lowest BCUT2D eigenvalue weighted by Crippen LogP contribution is -2.23. The molecule has 1 aromatic carbocycles. The molecule has 2 aromatic rings. The molecule has 1 heterocycles. The molecule has 0 unspecified atom stereocenters. The monoisotopic (exact) mass is 359 g/mol. The Hall–Kier alpha value is -2.27. The molecular weight excluding hydrogens is 334 g/mol.